The number of hydrogen-bond donors (Lipinski definition) is 0. The molecule has 0 saturated carbocycles. The van der Waals surface area contributed by atoms with Gasteiger partial charge in [-0.1, -0.05) is 82.2 Å². The Morgan fingerprint density at radius 2 is 1.17 bits per heavy atom. The number of fused-ring (bicyclic) bond motifs is 8. The molecule has 23 heavy (non-hydrogen) atoms. The van der Waals surface area contributed by atoms with E-state index >= 15 is 0 Å². The van der Waals surface area contributed by atoms with Crippen molar-refractivity contribution in [3.63, 3.8) is 0 Å². The van der Waals surface area contributed by atoms with Gasteiger partial charge < -0.3 is 0 Å². The van der Waals surface area contributed by atoms with Crippen molar-refractivity contribution in [2.45, 2.75) is 0 Å². The Labute approximate surface area is 157 Å². The van der Waals surface area contributed by atoms with Gasteiger partial charge in [0.25, 0.3) is 0 Å². The maximum absolute atomic E-state index is 3.48. The van der Waals surface area contributed by atoms with E-state index in [0.717, 1.165) is 0 Å². The van der Waals surface area contributed by atoms with Crippen molar-refractivity contribution >= 4 is 43.1 Å². The average molecular weight is 300 g/mol. The van der Waals surface area contributed by atoms with Crippen molar-refractivity contribution in [3.8, 4) is 0 Å². The van der Waals surface area contributed by atoms with Crippen LogP contribution in [0.1, 0.15) is 0 Å². The van der Waals surface area contributed by atoms with Crippen LogP contribution in [-0.4, -0.2) is 0 Å². The molecule has 0 aliphatic carbocycles. The van der Waals surface area contributed by atoms with Crippen LogP contribution >= 0.6 is 0 Å². The molecule has 0 spiro atoms. The Morgan fingerprint density at radius 3 is 2.00 bits per heavy atom. The van der Waals surface area contributed by atoms with Crippen LogP contribution in [0.3, 0.4) is 0 Å². The van der Waals surface area contributed by atoms with Crippen molar-refractivity contribution in [3.05, 3.63) is 84.9 Å². The van der Waals surface area contributed by atoms with E-state index in [1.54, 1.807) is 0 Å². The van der Waals surface area contributed by atoms with Crippen LogP contribution in [0.15, 0.2) is 78.9 Å². The van der Waals surface area contributed by atoms with Crippen molar-refractivity contribution in [1.29, 1.82) is 0 Å². The summed E-state index contributed by atoms with van der Waals surface area (Å²) in [6.07, 6.45) is 0. The first-order valence-corrected chi connectivity index (χ1v) is 7.56. The molecule has 5 aromatic carbocycles. The third kappa shape index (κ3) is 2.10. The molecule has 0 saturated heterocycles. The van der Waals surface area contributed by atoms with E-state index in [-0.39, 0.29) is 29.6 Å². The van der Waals surface area contributed by atoms with Crippen LogP contribution in [0.5, 0.6) is 0 Å². The fraction of sp³-hybridized carbons (Fsp3) is 0. The Balaban J connectivity index is 0.00000135. The molecule has 0 nitrogen and oxygen atoms in total. The monoisotopic (exact) mass is 300 g/mol. The fourth-order valence-electron chi connectivity index (χ4n) is 3.59. The van der Waals surface area contributed by atoms with Crippen LogP contribution in [-0.2, 0) is 0 Å². The zero-order valence-electron chi connectivity index (χ0n) is 13.0. The molecule has 102 valence electrons. The predicted molar refractivity (Wildman–Crippen MR) is 95.3 cm³/mol. The second-order valence-corrected chi connectivity index (χ2v) is 5.71. The Kier molecular flexibility index (Phi) is 3.61. The molecule has 0 radical (unpaired) electrons. The molecule has 0 fully saturated rings. The largest absolute Gasteiger partial charge is 1.00 e. The van der Waals surface area contributed by atoms with E-state index < -0.39 is 0 Å². The molecule has 0 N–H and O–H groups in total. The Bertz CT molecular complexity index is 1130. The van der Waals surface area contributed by atoms with Crippen LogP contribution in [0.4, 0.5) is 0 Å². The standard InChI is InChI=1S/C22H13.Na/c1-2-8-16-15(7-1)13-14-21-19-11-4-3-9-17(19)18-10-5-6-12-20(18)22(16)21;/h1-11,13-14H;/q-1;+1. The van der Waals surface area contributed by atoms with Gasteiger partial charge in [0.2, 0.25) is 0 Å². The van der Waals surface area contributed by atoms with Gasteiger partial charge in [0.15, 0.2) is 0 Å². The molecule has 0 bridgehead atoms. The maximum Gasteiger partial charge on any atom is 1.00 e. The van der Waals surface area contributed by atoms with Crippen LogP contribution in [0, 0.1) is 6.07 Å². The van der Waals surface area contributed by atoms with Crippen molar-refractivity contribution in [2.75, 3.05) is 0 Å². The van der Waals surface area contributed by atoms with Gasteiger partial charge in [0.1, 0.15) is 0 Å². The molecular weight excluding hydrogens is 287 g/mol. The second kappa shape index (κ2) is 5.65. The van der Waals surface area contributed by atoms with Gasteiger partial charge in [-0.3, -0.25) is 0 Å². The summed E-state index contributed by atoms with van der Waals surface area (Å²) in [5, 5.41) is 10.3. The van der Waals surface area contributed by atoms with E-state index in [1.165, 1.54) is 43.1 Å². The molecule has 0 aliphatic heterocycles. The fourth-order valence-corrected chi connectivity index (χ4v) is 3.59. The maximum atomic E-state index is 3.48. The van der Waals surface area contributed by atoms with Gasteiger partial charge in [0.05, 0.1) is 0 Å². The summed E-state index contributed by atoms with van der Waals surface area (Å²) in [6, 6.07) is 31.5. The van der Waals surface area contributed by atoms with E-state index in [1.807, 2.05) is 6.07 Å². The summed E-state index contributed by atoms with van der Waals surface area (Å²) in [5.41, 5.74) is 0. The minimum absolute atomic E-state index is 0. The number of hydrogen-bond acceptors (Lipinski definition) is 0. The van der Waals surface area contributed by atoms with E-state index in [9.17, 15) is 0 Å². The van der Waals surface area contributed by atoms with Gasteiger partial charge in [-0.2, -0.15) is 0 Å². The molecular formula is C22H13Na. The zero-order valence-corrected chi connectivity index (χ0v) is 15.0. The van der Waals surface area contributed by atoms with Crippen molar-refractivity contribution in [2.24, 2.45) is 0 Å². The minimum atomic E-state index is 0. The summed E-state index contributed by atoms with van der Waals surface area (Å²) >= 11 is 0. The smallest absolute Gasteiger partial charge is 0.147 e. The summed E-state index contributed by atoms with van der Waals surface area (Å²) in [7, 11) is 0. The first-order valence-electron chi connectivity index (χ1n) is 7.56. The van der Waals surface area contributed by atoms with Gasteiger partial charge in [-0.15, -0.1) is 35.0 Å². The quantitative estimate of drug-likeness (QED) is 0.234. The molecule has 1 heteroatoms. The second-order valence-electron chi connectivity index (χ2n) is 5.71. The van der Waals surface area contributed by atoms with Gasteiger partial charge in [-0.05, 0) is 10.8 Å². The van der Waals surface area contributed by atoms with Crippen molar-refractivity contribution in [1.82, 2.24) is 0 Å². The third-order valence-electron chi connectivity index (χ3n) is 4.54. The first kappa shape index (κ1) is 14.7. The third-order valence-corrected chi connectivity index (χ3v) is 4.54. The summed E-state index contributed by atoms with van der Waals surface area (Å²) in [4.78, 5) is 0. The van der Waals surface area contributed by atoms with Gasteiger partial charge in [-0.25, -0.2) is 0 Å². The van der Waals surface area contributed by atoms with E-state index in [4.69, 9.17) is 0 Å². The Hall–Kier alpha value is -1.86. The normalized spacial score (nSPS) is 11.1. The summed E-state index contributed by atoms with van der Waals surface area (Å²) < 4.78 is 0. The molecule has 0 aliphatic rings. The molecule has 5 aromatic rings. The molecule has 0 atom stereocenters. The van der Waals surface area contributed by atoms with Gasteiger partial charge >= 0.3 is 29.6 Å². The zero-order chi connectivity index (χ0) is 14.5. The summed E-state index contributed by atoms with van der Waals surface area (Å²) in [5.74, 6) is 0. The predicted octanol–water partition coefficient (Wildman–Crippen LogP) is 3.10. The van der Waals surface area contributed by atoms with Crippen LogP contribution < -0.4 is 29.6 Å². The molecule has 0 aromatic heterocycles. The molecule has 0 amide bonds. The molecule has 0 unspecified atom stereocenters. The SMILES string of the molecule is [Na+].[c-]1cccc2c1c1c3ccccc3ccc1c1ccccc21. The van der Waals surface area contributed by atoms with E-state index in [2.05, 4.69) is 78.9 Å². The van der Waals surface area contributed by atoms with Gasteiger partial charge in [0, 0.05) is 0 Å². The number of benzene rings is 5. The molecule has 0 heterocycles. The summed E-state index contributed by atoms with van der Waals surface area (Å²) in [6.45, 7) is 0. The van der Waals surface area contributed by atoms with Crippen LogP contribution in [0.2, 0.25) is 0 Å². The molecule has 5 rings (SSSR count). The van der Waals surface area contributed by atoms with Crippen LogP contribution in [0.25, 0.3) is 43.1 Å². The average Bonchev–Trinajstić information content (AvgIpc) is 2.61. The number of rotatable bonds is 0. The van der Waals surface area contributed by atoms with E-state index in [0.29, 0.717) is 0 Å². The Morgan fingerprint density at radius 1 is 0.522 bits per heavy atom. The minimum Gasteiger partial charge on any atom is -0.147 e. The van der Waals surface area contributed by atoms with Crippen molar-refractivity contribution < 1.29 is 29.6 Å². The topological polar surface area (TPSA) is 0 Å². The first-order chi connectivity index (χ1) is 10.9.